The molecule has 0 heterocycles. The van der Waals surface area contributed by atoms with E-state index >= 15 is 0 Å². The number of hydrogen-bond acceptors (Lipinski definition) is 1. The second-order valence-electron chi connectivity index (χ2n) is 10.3. The van der Waals surface area contributed by atoms with Gasteiger partial charge in [0.25, 0.3) is 0 Å². The second kappa shape index (κ2) is 15.2. The predicted octanol–water partition coefficient (Wildman–Crippen LogP) is 6.05. The molecule has 4 aromatic carbocycles. The largest absolute Gasteiger partial charge is 1.00 e. The van der Waals surface area contributed by atoms with Gasteiger partial charge in [0, 0.05) is 12.6 Å². The molecule has 0 spiro atoms. The molecule has 0 saturated heterocycles. The van der Waals surface area contributed by atoms with E-state index in [-0.39, 0.29) is 35.6 Å². The minimum Gasteiger partial charge on any atom is -0.289 e. The van der Waals surface area contributed by atoms with Crippen LogP contribution in [0.4, 0.5) is 0 Å². The standard InChI is InChI=1S/C38H38N.Na/c1-3-32(28-30-14-8-5-9-15-30)33-20-22-35(23-21-33)38(34-18-12-7-13-19-34)36-24-26-37(27-25-36)39(4-2)29-31-16-10-6-11-17-31;/h5-6,8-27,32,37H,3-4,28-29H2,1-2H3;/q-1;+1. The van der Waals surface area contributed by atoms with Crippen LogP contribution in [0.15, 0.2) is 139 Å². The molecule has 1 aliphatic rings. The van der Waals surface area contributed by atoms with Crippen molar-refractivity contribution < 1.29 is 29.6 Å². The van der Waals surface area contributed by atoms with E-state index in [0.717, 1.165) is 25.9 Å². The van der Waals surface area contributed by atoms with Gasteiger partial charge in [-0.3, -0.25) is 4.90 Å². The van der Waals surface area contributed by atoms with Crippen LogP contribution in [-0.4, -0.2) is 17.5 Å². The monoisotopic (exact) mass is 531 g/mol. The van der Waals surface area contributed by atoms with Gasteiger partial charge in [0.1, 0.15) is 0 Å². The van der Waals surface area contributed by atoms with Crippen LogP contribution in [0.5, 0.6) is 0 Å². The fourth-order valence-corrected chi connectivity index (χ4v) is 5.55. The van der Waals surface area contributed by atoms with Gasteiger partial charge in [0.05, 0.1) is 0 Å². The fourth-order valence-electron chi connectivity index (χ4n) is 5.55. The summed E-state index contributed by atoms with van der Waals surface area (Å²) in [7, 11) is 0. The molecule has 0 bridgehead atoms. The van der Waals surface area contributed by atoms with Gasteiger partial charge in [-0.1, -0.05) is 123 Å². The van der Waals surface area contributed by atoms with Crippen molar-refractivity contribution >= 4 is 5.57 Å². The maximum atomic E-state index is 3.18. The Balaban J connectivity index is 0.00000370. The normalized spacial score (nSPS) is 15.1. The summed E-state index contributed by atoms with van der Waals surface area (Å²) in [6, 6.07) is 42.7. The second-order valence-corrected chi connectivity index (χ2v) is 10.3. The Morgan fingerprint density at radius 2 is 1.30 bits per heavy atom. The summed E-state index contributed by atoms with van der Waals surface area (Å²) < 4.78 is 0. The van der Waals surface area contributed by atoms with Crippen LogP contribution in [0.2, 0.25) is 0 Å². The Labute approximate surface area is 263 Å². The number of nitrogens with zero attached hydrogens (tertiary/aromatic N) is 1. The van der Waals surface area contributed by atoms with Gasteiger partial charge in [-0.25, -0.2) is 0 Å². The third kappa shape index (κ3) is 7.62. The van der Waals surface area contributed by atoms with Gasteiger partial charge in [-0.05, 0) is 58.7 Å². The van der Waals surface area contributed by atoms with Gasteiger partial charge in [-0.2, -0.15) is 30.3 Å². The van der Waals surface area contributed by atoms with E-state index in [9.17, 15) is 0 Å². The summed E-state index contributed by atoms with van der Waals surface area (Å²) in [5.41, 5.74) is 9.14. The van der Waals surface area contributed by atoms with Crippen molar-refractivity contribution in [2.45, 2.75) is 45.2 Å². The van der Waals surface area contributed by atoms with Crippen LogP contribution in [0.1, 0.15) is 54.0 Å². The zero-order valence-electron chi connectivity index (χ0n) is 24.1. The number of benzene rings is 4. The molecule has 1 unspecified atom stereocenters. The van der Waals surface area contributed by atoms with Crippen molar-refractivity contribution in [2.75, 3.05) is 6.54 Å². The topological polar surface area (TPSA) is 3.24 Å². The molecule has 0 amide bonds. The minimum absolute atomic E-state index is 0. The molecule has 1 atom stereocenters. The quantitative estimate of drug-likeness (QED) is 0.178. The third-order valence-electron chi connectivity index (χ3n) is 7.79. The molecule has 196 valence electrons. The zero-order chi connectivity index (χ0) is 26.9. The molecule has 1 aliphatic carbocycles. The number of likely N-dealkylation sites (N-methyl/N-ethyl adjacent to an activating group) is 1. The molecular weight excluding hydrogens is 493 g/mol. The molecular formula is C38H38NNa. The molecule has 0 aromatic heterocycles. The minimum atomic E-state index is 0. The van der Waals surface area contributed by atoms with Gasteiger partial charge >= 0.3 is 29.6 Å². The predicted molar refractivity (Wildman–Crippen MR) is 166 cm³/mol. The molecule has 0 fully saturated rings. The Morgan fingerprint density at radius 1 is 0.725 bits per heavy atom. The van der Waals surface area contributed by atoms with Gasteiger partial charge in [0.2, 0.25) is 0 Å². The van der Waals surface area contributed by atoms with Gasteiger partial charge < -0.3 is 0 Å². The summed E-state index contributed by atoms with van der Waals surface area (Å²) in [4.78, 5) is 2.50. The van der Waals surface area contributed by atoms with E-state index in [1.807, 2.05) is 12.1 Å². The fraction of sp³-hybridized carbons (Fsp3) is 0.211. The van der Waals surface area contributed by atoms with E-state index in [4.69, 9.17) is 0 Å². The van der Waals surface area contributed by atoms with Gasteiger partial charge in [-0.15, -0.1) is 5.56 Å². The molecule has 0 saturated carbocycles. The summed E-state index contributed by atoms with van der Waals surface area (Å²) >= 11 is 0. The molecule has 5 rings (SSSR count). The average molecular weight is 532 g/mol. The number of hydrogen-bond donors (Lipinski definition) is 0. The van der Waals surface area contributed by atoms with Crippen molar-refractivity contribution in [1.82, 2.24) is 4.90 Å². The van der Waals surface area contributed by atoms with E-state index in [1.54, 1.807) is 0 Å². The van der Waals surface area contributed by atoms with E-state index in [1.165, 1.54) is 39.0 Å². The van der Waals surface area contributed by atoms with Crippen LogP contribution in [0.25, 0.3) is 5.57 Å². The van der Waals surface area contributed by atoms with Crippen molar-refractivity contribution in [3.8, 4) is 0 Å². The maximum Gasteiger partial charge on any atom is 1.00 e. The molecule has 0 N–H and O–H groups in total. The summed E-state index contributed by atoms with van der Waals surface area (Å²) in [5, 5.41) is 0. The summed E-state index contributed by atoms with van der Waals surface area (Å²) in [6.07, 6.45) is 11.5. The Bertz CT molecular complexity index is 1390. The first-order valence-corrected chi connectivity index (χ1v) is 14.2. The van der Waals surface area contributed by atoms with E-state index in [0.29, 0.717) is 5.92 Å². The number of allylic oxidation sites excluding steroid dienone is 3. The first kappa shape index (κ1) is 30.0. The molecule has 1 nitrogen and oxygen atoms in total. The first-order chi connectivity index (χ1) is 19.2. The summed E-state index contributed by atoms with van der Waals surface area (Å²) in [6.45, 7) is 6.48. The zero-order valence-corrected chi connectivity index (χ0v) is 26.1. The SMILES string of the molecule is CCC(Cc1ccccc1)c1ccc(C(=C2C=CC(N(CC)Cc3ccccc3)C=C2)c2cc[c-]cc2)cc1.[Na+]. The van der Waals surface area contributed by atoms with Crippen LogP contribution in [0, 0.1) is 6.07 Å². The molecule has 4 aromatic rings. The Kier molecular flexibility index (Phi) is 11.4. The average Bonchev–Trinajstić information content (AvgIpc) is 3.01. The van der Waals surface area contributed by atoms with Crippen molar-refractivity contribution in [1.29, 1.82) is 0 Å². The first-order valence-electron chi connectivity index (χ1n) is 14.2. The Morgan fingerprint density at radius 3 is 1.88 bits per heavy atom. The molecule has 2 heteroatoms. The molecule has 0 aliphatic heterocycles. The van der Waals surface area contributed by atoms with Crippen molar-refractivity contribution in [3.05, 3.63) is 173 Å². The third-order valence-corrected chi connectivity index (χ3v) is 7.79. The van der Waals surface area contributed by atoms with Crippen molar-refractivity contribution in [2.24, 2.45) is 0 Å². The van der Waals surface area contributed by atoms with Crippen LogP contribution in [-0.2, 0) is 13.0 Å². The molecule has 40 heavy (non-hydrogen) atoms. The van der Waals surface area contributed by atoms with Gasteiger partial charge in [0.15, 0.2) is 0 Å². The summed E-state index contributed by atoms with van der Waals surface area (Å²) in [5.74, 6) is 0.517. The van der Waals surface area contributed by atoms with Crippen LogP contribution < -0.4 is 29.6 Å². The maximum absolute atomic E-state index is 3.18. The Hall–Kier alpha value is -2.94. The van der Waals surface area contributed by atoms with Crippen LogP contribution >= 0.6 is 0 Å². The smallest absolute Gasteiger partial charge is 0.289 e. The molecule has 0 radical (unpaired) electrons. The van der Waals surface area contributed by atoms with E-state index < -0.39 is 0 Å². The van der Waals surface area contributed by atoms with E-state index in [2.05, 4.69) is 146 Å². The van der Waals surface area contributed by atoms with Crippen LogP contribution in [0.3, 0.4) is 0 Å². The number of rotatable bonds is 10. The van der Waals surface area contributed by atoms with Crippen molar-refractivity contribution in [3.63, 3.8) is 0 Å².